The van der Waals surface area contributed by atoms with Crippen molar-refractivity contribution in [2.75, 3.05) is 13.6 Å². The van der Waals surface area contributed by atoms with Crippen LogP contribution in [0.15, 0.2) is 29.2 Å². The van der Waals surface area contributed by atoms with Gasteiger partial charge < -0.3 is 5.11 Å². The smallest absolute Gasteiger partial charge is 0.307 e. The van der Waals surface area contributed by atoms with Crippen LogP contribution < -0.4 is 0 Å². The average molecular weight is 299 g/mol. The fourth-order valence-electron chi connectivity index (χ4n) is 1.80. The molecule has 0 saturated heterocycles. The molecule has 1 N–H and O–H groups in total. The summed E-state index contributed by atoms with van der Waals surface area (Å²) in [6.45, 7) is 4.49. The number of nitrogens with zero attached hydrogens (tertiary/aromatic N) is 1. The molecule has 1 rings (SSSR count). The van der Waals surface area contributed by atoms with Crippen molar-refractivity contribution in [1.29, 1.82) is 0 Å². The summed E-state index contributed by atoms with van der Waals surface area (Å²) in [5, 5.41) is 8.68. The molecule has 0 aliphatic rings. The quantitative estimate of drug-likeness (QED) is 0.835. The van der Waals surface area contributed by atoms with E-state index in [-0.39, 0.29) is 11.3 Å². The molecule has 20 heavy (non-hydrogen) atoms. The van der Waals surface area contributed by atoms with Gasteiger partial charge in [0.05, 0.1) is 11.3 Å². The Kier molecular flexibility index (Phi) is 5.71. The largest absolute Gasteiger partial charge is 0.481 e. The monoisotopic (exact) mass is 299 g/mol. The number of rotatable bonds is 7. The molecule has 6 heteroatoms. The molecule has 0 amide bonds. The van der Waals surface area contributed by atoms with Crippen LogP contribution in [0, 0.1) is 5.92 Å². The molecule has 1 atom stereocenters. The van der Waals surface area contributed by atoms with Gasteiger partial charge in [0.25, 0.3) is 0 Å². The fourth-order valence-corrected chi connectivity index (χ4v) is 3.09. The molecule has 1 aromatic rings. The molecule has 0 saturated carbocycles. The van der Waals surface area contributed by atoms with E-state index >= 15 is 0 Å². The number of carbonyl (C=O) groups is 1. The van der Waals surface area contributed by atoms with E-state index < -0.39 is 16.0 Å². The number of hydrogen-bond acceptors (Lipinski definition) is 3. The van der Waals surface area contributed by atoms with Crippen molar-refractivity contribution in [1.82, 2.24) is 4.31 Å². The third-order valence-electron chi connectivity index (χ3n) is 3.25. The summed E-state index contributed by atoms with van der Waals surface area (Å²) in [5.41, 5.74) is 0.584. The topological polar surface area (TPSA) is 74.7 Å². The number of sulfonamides is 1. The normalized spacial score (nSPS) is 13.4. The lowest BCUT2D eigenvalue weighted by Gasteiger charge is -2.20. The summed E-state index contributed by atoms with van der Waals surface area (Å²) in [5.74, 6) is -0.643. The van der Waals surface area contributed by atoms with E-state index in [0.717, 1.165) is 6.42 Å². The molecule has 0 spiro atoms. The van der Waals surface area contributed by atoms with Crippen molar-refractivity contribution in [2.45, 2.75) is 31.6 Å². The maximum absolute atomic E-state index is 12.3. The van der Waals surface area contributed by atoms with Crippen molar-refractivity contribution < 1.29 is 18.3 Å². The molecule has 0 bridgehead atoms. The lowest BCUT2D eigenvalue weighted by atomic mass is 10.1. The van der Waals surface area contributed by atoms with Crippen molar-refractivity contribution in [3.8, 4) is 0 Å². The van der Waals surface area contributed by atoms with Gasteiger partial charge in [0.15, 0.2) is 0 Å². The zero-order chi connectivity index (χ0) is 15.3. The maximum Gasteiger partial charge on any atom is 0.307 e. The summed E-state index contributed by atoms with van der Waals surface area (Å²) in [7, 11) is -1.94. The fraction of sp³-hybridized carbons (Fsp3) is 0.500. The molecule has 0 aliphatic heterocycles. The van der Waals surface area contributed by atoms with Crippen molar-refractivity contribution in [3.63, 3.8) is 0 Å². The summed E-state index contributed by atoms with van der Waals surface area (Å²) < 4.78 is 26.0. The Morgan fingerprint density at radius 2 is 1.85 bits per heavy atom. The zero-order valence-electron chi connectivity index (χ0n) is 12.0. The molecular weight excluding hydrogens is 278 g/mol. The van der Waals surface area contributed by atoms with Crippen LogP contribution in [0.5, 0.6) is 0 Å². The number of aliphatic carboxylic acids is 1. The minimum Gasteiger partial charge on any atom is -0.481 e. The van der Waals surface area contributed by atoms with Gasteiger partial charge in [-0.25, -0.2) is 12.7 Å². The van der Waals surface area contributed by atoms with E-state index in [9.17, 15) is 13.2 Å². The SMILES string of the molecule is CCC(C)CN(C)S(=O)(=O)c1ccc(CC(=O)O)cc1. The highest BCUT2D eigenvalue weighted by Crippen LogP contribution is 2.17. The van der Waals surface area contributed by atoms with Crippen LogP contribution in [0.4, 0.5) is 0 Å². The minimum atomic E-state index is -3.50. The first-order chi connectivity index (χ1) is 9.27. The molecular formula is C14H21NO4S. The highest BCUT2D eigenvalue weighted by molar-refractivity contribution is 7.89. The standard InChI is InChI=1S/C14H21NO4S/c1-4-11(2)10-15(3)20(18,19)13-7-5-12(6-8-13)9-14(16)17/h5-8,11H,4,9-10H2,1-3H3,(H,16,17). The number of hydrogen-bond donors (Lipinski definition) is 1. The van der Waals surface area contributed by atoms with Crippen molar-refractivity contribution in [2.24, 2.45) is 5.92 Å². The van der Waals surface area contributed by atoms with Gasteiger partial charge in [0, 0.05) is 13.6 Å². The van der Waals surface area contributed by atoms with Gasteiger partial charge in [0.1, 0.15) is 0 Å². The lowest BCUT2D eigenvalue weighted by Crippen LogP contribution is -2.31. The highest BCUT2D eigenvalue weighted by atomic mass is 32.2. The maximum atomic E-state index is 12.3. The van der Waals surface area contributed by atoms with E-state index in [0.29, 0.717) is 18.0 Å². The first-order valence-corrected chi connectivity index (χ1v) is 7.98. The summed E-state index contributed by atoms with van der Waals surface area (Å²) in [6.07, 6.45) is 0.806. The summed E-state index contributed by atoms with van der Waals surface area (Å²) in [6, 6.07) is 6.00. The van der Waals surface area contributed by atoms with Crippen molar-refractivity contribution >= 4 is 16.0 Å². The Morgan fingerprint density at radius 1 is 1.30 bits per heavy atom. The Hall–Kier alpha value is -1.40. The third kappa shape index (κ3) is 4.31. The van der Waals surface area contributed by atoms with Crippen LogP contribution in [-0.2, 0) is 21.2 Å². The van der Waals surface area contributed by atoms with E-state index in [2.05, 4.69) is 0 Å². The van der Waals surface area contributed by atoms with Gasteiger partial charge in [-0.2, -0.15) is 0 Å². The number of benzene rings is 1. The molecule has 1 aromatic carbocycles. The first-order valence-electron chi connectivity index (χ1n) is 6.54. The predicted molar refractivity (Wildman–Crippen MR) is 77.1 cm³/mol. The number of carboxylic acids is 1. The molecule has 0 aliphatic carbocycles. The van der Waals surface area contributed by atoms with Crippen LogP contribution in [0.1, 0.15) is 25.8 Å². The van der Waals surface area contributed by atoms with Gasteiger partial charge in [-0.1, -0.05) is 32.4 Å². The van der Waals surface area contributed by atoms with Crippen LogP contribution in [0.25, 0.3) is 0 Å². The van der Waals surface area contributed by atoms with Crippen LogP contribution >= 0.6 is 0 Å². The Labute approximate surface area is 120 Å². The van der Waals surface area contributed by atoms with E-state index in [1.54, 1.807) is 7.05 Å². The van der Waals surface area contributed by atoms with Gasteiger partial charge in [0.2, 0.25) is 10.0 Å². The molecule has 0 aromatic heterocycles. The predicted octanol–water partition coefficient (Wildman–Crippen LogP) is 1.98. The second-order valence-electron chi connectivity index (χ2n) is 5.01. The van der Waals surface area contributed by atoms with Gasteiger partial charge in [-0.05, 0) is 23.6 Å². The van der Waals surface area contributed by atoms with Crippen LogP contribution in [0.2, 0.25) is 0 Å². The van der Waals surface area contributed by atoms with Gasteiger partial charge in [-0.3, -0.25) is 4.79 Å². The Balaban J connectivity index is 2.89. The van der Waals surface area contributed by atoms with Gasteiger partial charge in [-0.15, -0.1) is 0 Å². The zero-order valence-corrected chi connectivity index (χ0v) is 12.9. The number of carboxylic acid groups (broad SMARTS) is 1. The molecule has 0 heterocycles. The second kappa shape index (κ2) is 6.85. The van der Waals surface area contributed by atoms with Crippen LogP contribution in [0.3, 0.4) is 0 Å². The minimum absolute atomic E-state index is 0.108. The Morgan fingerprint density at radius 3 is 2.30 bits per heavy atom. The van der Waals surface area contributed by atoms with Crippen LogP contribution in [-0.4, -0.2) is 37.4 Å². The van der Waals surface area contributed by atoms with E-state index in [1.165, 1.54) is 28.6 Å². The van der Waals surface area contributed by atoms with E-state index in [1.807, 2.05) is 13.8 Å². The molecule has 0 radical (unpaired) electrons. The molecule has 112 valence electrons. The van der Waals surface area contributed by atoms with Gasteiger partial charge >= 0.3 is 5.97 Å². The molecule has 5 nitrogen and oxygen atoms in total. The second-order valence-corrected chi connectivity index (χ2v) is 7.06. The summed E-state index contributed by atoms with van der Waals surface area (Å²) >= 11 is 0. The Bertz CT molecular complexity index is 551. The third-order valence-corrected chi connectivity index (χ3v) is 5.09. The average Bonchev–Trinajstić information content (AvgIpc) is 2.38. The van der Waals surface area contributed by atoms with E-state index in [4.69, 9.17) is 5.11 Å². The lowest BCUT2D eigenvalue weighted by molar-refractivity contribution is -0.136. The molecule has 0 fully saturated rings. The highest BCUT2D eigenvalue weighted by Gasteiger charge is 2.21. The van der Waals surface area contributed by atoms with Crippen molar-refractivity contribution in [3.05, 3.63) is 29.8 Å². The summed E-state index contributed by atoms with van der Waals surface area (Å²) in [4.78, 5) is 10.8. The first kappa shape index (κ1) is 16.7. The molecule has 1 unspecified atom stereocenters.